The second kappa shape index (κ2) is 3.15. The largest absolute Gasteiger partial charge is 0.465 e. The van der Waals surface area contributed by atoms with Gasteiger partial charge in [0.05, 0.1) is 0 Å². The highest BCUT2D eigenvalue weighted by Crippen LogP contribution is 2.31. The second-order valence-electron chi connectivity index (χ2n) is 4.10. The van der Waals surface area contributed by atoms with E-state index in [0.717, 1.165) is 19.3 Å². The van der Waals surface area contributed by atoms with Gasteiger partial charge in [-0.2, -0.15) is 0 Å². The Morgan fingerprint density at radius 1 is 1.36 bits per heavy atom. The summed E-state index contributed by atoms with van der Waals surface area (Å²) in [4.78, 5) is 23.2. The van der Waals surface area contributed by atoms with Crippen molar-refractivity contribution in [3.63, 3.8) is 0 Å². The number of nitrogens with zero attached hydrogens (tertiary/aromatic N) is 1. The summed E-state index contributed by atoms with van der Waals surface area (Å²) < 4.78 is 0. The number of piperidine rings is 1. The minimum atomic E-state index is -0.857. The van der Waals surface area contributed by atoms with Crippen molar-refractivity contribution in [1.82, 2.24) is 10.2 Å². The molecule has 0 saturated carbocycles. The zero-order valence-electron chi connectivity index (χ0n) is 7.95. The predicted molar refractivity (Wildman–Crippen MR) is 48.9 cm³/mol. The van der Waals surface area contributed by atoms with Gasteiger partial charge in [0, 0.05) is 25.0 Å². The Morgan fingerprint density at radius 2 is 2.00 bits per heavy atom. The Hall–Kier alpha value is -1.26. The molecule has 2 fully saturated rings. The van der Waals surface area contributed by atoms with E-state index in [0.29, 0.717) is 19.5 Å². The molecule has 2 aliphatic heterocycles. The molecule has 0 aliphatic carbocycles. The summed E-state index contributed by atoms with van der Waals surface area (Å²) in [6.07, 6.45) is 2.10. The summed E-state index contributed by atoms with van der Waals surface area (Å²) in [6, 6.07) is 0. The minimum Gasteiger partial charge on any atom is -0.465 e. The number of hydrogen-bond donors (Lipinski definition) is 2. The fourth-order valence-electron chi connectivity index (χ4n) is 2.27. The van der Waals surface area contributed by atoms with Gasteiger partial charge in [-0.1, -0.05) is 0 Å². The second-order valence-corrected chi connectivity index (χ2v) is 4.10. The molecule has 0 unspecified atom stereocenters. The first kappa shape index (κ1) is 9.30. The first-order valence-electron chi connectivity index (χ1n) is 4.90. The van der Waals surface area contributed by atoms with Crippen LogP contribution in [0.2, 0.25) is 0 Å². The van der Waals surface area contributed by atoms with Crippen LogP contribution < -0.4 is 5.32 Å². The third-order valence-electron chi connectivity index (χ3n) is 3.23. The highest BCUT2D eigenvalue weighted by molar-refractivity contribution is 5.79. The number of hydrogen-bond acceptors (Lipinski definition) is 2. The summed E-state index contributed by atoms with van der Waals surface area (Å²) in [7, 11) is 0. The van der Waals surface area contributed by atoms with Gasteiger partial charge < -0.3 is 15.3 Å². The van der Waals surface area contributed by atoms with Gasteiger partial charge in [0.1, 0.15) is 0 Å². The quantitative estimate of drug-likeness (QED) is 0.592. The zero-order chi connectivity index (χ0) is 10.2. The van der Waals surface area contributed by atoms with E-state index in [1.165, 1.54) is 4.90 Å². The molecule has 2 saturated heterocycles. The average molecular weight is 198 g/mol. The van der Waals surface area contributed by atoms with E-state index >= 15 is 0 Å². The Morgan fingerprint density at radius 3 is 2.43 bits per heavy atom. The summed E-state index contributed by atoms with van der Waals surface area (Å²) in [5.74, 6) is 0.105. The third-order valence-corrected chi connectivity index (χ3v) is 3.23. The first-order valence-corrected chi connectivity index (χ1v) is 4.90. The van der Waals surface area contributed by atoms with Crippen LogP contribution >= 0.6 is 0 Å². The monoisotopic (exact) mass is 198 g/mol. The predicted octanol–water partition coefficient (Wildman–Crippen LogP) is 0.409. The maximum Gasteiger partial charge on any atom is 0.407 e. The van der Waals surface area contributed by atoms with E-state index in [4.69, 9.17) is 5.11 Å². The van der Waals surface area contributed by atoms with Crippen molar-refractivity contribution in [1.29, 1.82) is 0 Å². The lowest BCUT2D eigenvalue weighted by atomic mass is 9.86. The van der Waals surface area contributed by atoms with Crippen molar-refractivity contribution in [2.75, 3.05) is 13.1 Å². The van der Waals surface area contributed by atoms with Crippen LogP contribution in [0.1, 0.15) is 25.7 Å². The maximum atomic E-state index is 11.1. The maximum absolute atomic E-state index is 11.1. The minimum absolute atomic E-state index is 0.0942. The summed E-state index contributed by atoms with van der Waals surface area (Å²) in [6.45, 7) is 1.07. The fraction of sp³-hybridized carbons (Fsp3) is 0.778. The van der Waals surface area contributed by atoms with Gasteiger partial charge in [-0.05, 0) is 19.3 Å². The van der Waals surface area contributed by atoms with Crippen molar-refractivity contribution < 1.29 is 14.7 Å². The van der Waals surface area contributed by atoms with Crippen LogP contribution in [0.3, 0.4) is 0 Å². The summed E-state index contributed by atoms with van der Waals surface area (Å²) in [5, 5.41) is 11.7. The summed E-state index contributed by atoms with van der Waals surface area (Å²) >= 11 is 0. The summed E-state index contributed by atoms with van der Waals surface area (Å²) in [5.41, 5.74) is -0.0942. The molecule has 0 bridgehead atoms. The van der Waals surface area contributed by atoms with Crippen LogP contribution in [0.4, 0.5) is 4.79 Å². The normalized spacial score (nSPS) is 25.1. The molecule has 1 spiro atoms. The molecule has 0 aromatic heterocycles. The number of carbonyl (C=O) groups is 2. The smallest absolute Gasteiger partial charge is 0.407 e. The molecule has 2 heterocycles. The molecular formula is C9H14N2O3. The third kappa shape index (κ3) is 1.54. The Labute approximate surface area is 82.1 Å². The van der Waals surface area contributed by atoms with Gasteiger partial charge >= 0.3 is 6.09 Å². The lowest BCUT2D eigenvalue weighted by Crippen LogP contribution is -2.51. The SMILES string of the molecule is O=C1CCC2(CCN(C(=O)O)CC2)N1. The van der Waals surface area contributed by atoms with Crippen LogP contribution in [0, 0.1) is 0 Å². The topological polar surface area (TPSA) is 69.6 Å². The molecular weight excluding hydrogens is 184 g/mol. The van der Waals surface area contributed by atoms with Crippen LogP contribution in [-0.2, 0) is 4.79 Å². The molecule has 0 radical (unpaired) electrons. The van der Waals surface area contributed by atoms with E-state index in [9.17, 15) is 9.59 Å². The van der Waals surface area contributed by atoms with Crippen molar-refractivity contribution in [2.24, 2.45) is 0 Å². The number of carbonyl (C=O) groups excluding carboxylic acids is 1. The molecule has 2 aliphatic rings. The van der Waals surface area contributed by atoms with Gasteiger partial charge in [-0.15, -0.1) is 0 Å². The Balaban J connectivity index is 1.95. The molecule has 5 heteroatoms. The highest BCUT2D eigenvalue weighted by atomic mass is 16.4. The standard InChI is InChI=1S/C9H14N2O3/c12-7-1-2-9(10-7)3-5-11(6-4-9)8(13)14/h1-6H2,(H,10,12)(H,13,14). The lowest BCUT2D eigenvalue weighted by Gasteiger charge is -2.37. The van der Waals surface area contributed by atoms with Gasteiger partial charge in [-0.25, -0.2) is 4.79 Å². The lowest BCUT2D eigenvalue weighted by molar-refractivity contribution is -0.120. The number of rotatable bonds is 0. The number of likely N-dealkylation sites (tertiary alicyclic amines) is 1. The molecule has 2 rings (SSSR count). The number of nitrogens with one attached hydrogen (secondary N) is 1. The van der Waals surface area contributed by atoms with E-state index in [1.807, 2.05) is 0 Å². The van der Waals surface area contributed by atoms with E-state index < -0.39 is 6.09 Å². The van der Waals surface area contributed by atoms with Gasteiger partial charge in [0.2, 0.25) is 5.91 Å². The molecule has 2 amide bonds. The van der Waals surface area contributed by atoms with Crippen molar-refractivity contribution in [3.8, 4) is 0 Å². The molecule has 0 aromatic rings. The van der Waals surface area contributed by atoms with E-state index in [-0.39, 0.29) is 11.4 Å². The van der Waals surface area contributed by atoms with Gasteiger partial charge in [0.15, 0.2) is 0 Å². The Bertz CT molecular complexity index is 269. The zero-order valence-corrected chi connectivity index (χ0v) is 7.95. The van der Waals surface area contributed by atoms with Crippen molar-refractivity contribution in [3.05, 3.63) is 0 Å². The van der Waals surface area contributed by atoms with Crippen LogP contribution in [0.5, 0.6) is 0 Å². The van der Waals surface area contributed by atoms with Crippen molar-refractivity contribution in [2.45, 2.75) is 31.2 Å². The molecule has 78 valence electrons. The average Bonchev–Trinajstić information content (AvgIpc) is 2.48. The van der Waals surface area contributed by atoms with Crippen LogP contribution in [0.15, 0.2) is 0 Å². The first-order chi connectivity index (χ1) is 6.61. The van der Waals surface area contributed by atoms with E-state index in [1.54, 1.807) is 0 Å². The van der Waals surface area contributed by atoms with Gasteiger partial charge in [-0.3, -0.25) is 4.79 Å². The highest BCUT2D eigenvalue weighted by Gasteiger charge is 2.40. The van der Waals surface area contributed by atoms with E-state index in [2.05, 4.69) is 5.32 Å². The number of amides is 2. The molecule has 2 N–H and O–H groups in total. The fourth-order valence-corrected chi connectivity index (χ4v) is 2.27. The number of carboxylic acid groups (broad SMARTS) is 1. The van der Waals surface area contributed by atoms with Crippen LogP contribution in [-0.4, -0.2) is 40.6 Å². The van der Waals surface area contributed by atoms with Gasteiger partial charge in [0.25, 0.3) is 0 Å². The van der Waals surface area contributed by atoms with Crippen LogP contribution in [0.25, 0.3) is 0 Å². The molecule has 0 atom stereocenters. The molecule has 5 nitrogen and oxygen atoms in total. The molecule has 0 aromatic carbocycles. The Kier molecular flexibility index (Phi) is 2.09. The van der Waals surface area contributed by atoms with Crippen molar-refractivity contribution >= 4 is 12.0 Å². The molecule has 14 heavy (non-hydrogen) atoms.